The van der Waals surface area contributed by atoms with Gasteiger partial charge in [-0.05, 0) is 80.8 Å². The Morgan fingerprint density at radius 3 is 2.41 bits per heavy atom. The molecular weight excluding hydrogens is 502 g/mol. The summed E-state index contributed by atoms with van der Waals surface area (Å²) in [7, 11) is 0. The van der Waals surface area contributed by atoms with E-state index in [4.69, 9.17) is 4.74 Å². The molecule has 2 N–H and O–H groups in total. The summed E-state index contributed by atoms with van der Waals surface area (Å²) in [5.74, 6) is 0.791. The molecule has 0 atom stereocenters. The monoisotopic (exact) mass is 533 g/mol. The third-order valence-corrected chi connectivity index (χ3v) is 7.94. The SMILES string of the molecule is CCCCOc1ccc(C(=O)Nc2ccc3nc(SCC(=O)Nc4c(C)cc(C)cc4C)sc3c2)cc1. The summed E-state index contributed by atoms with van der Waals surface area (Å²) >= 11 is 2.92. The number of ether oxygens (including phenoxy) is 1. The average Bonchev–Trinajstić information content (AvgIpc) is 3.28. The molecule has 0 bridgehead atoms. The van der Waals surface area contributed by atoms with Crippen LogP contribution in [0.15, 0.2) is 58.9 Å². The van der Waals surface area contributed by atoms with E-state index in [0.717, 1.165) is 50.0 Å². The molecule has 0 fully saturated rings. The van der Waals surface area contributed by atoms with Crippen molar-refractivity contribution in [2.75, 3.05) is 23.0 Å². The molecule has 0 saturated carbocycles. The molecular formula is C29H31N3O3S2. The number of nitrogens with one attached hydrogen (secondary N) is 2. The number of fused-ring (bicyclic) bond motifs is 1. The molecule has 1 aromatic heterocycles. The minimum Gasteiger partial charge on any atom is -0.494 e. The maximum atomic E-state index is 12.7. The topological polar surface area (TPSA) is 80.3 Å². The number of unbranched alkanes of at least 4 members (excludes halogenated alkanes) is 1. The third-order valence-electron chi connectivity index (χ3n) is 5.78. The molecule has 0 aliphatic heterocycles. The minimum atomic E-state index is -0.183. The van der Waals surface area contributed by atoms with Crippen molar-refractivity contribution in [3.05, 3.63) is 76.9 Å². The fraction of sp³-hybridized carbons (Fsp3) is 0.276. The van der Waals surface area contributed by atoms with Gasteiger partial charge in [0, 0.05) is 16.9 Å². The molecule has 4 rings (SSSR count). The van der Waals surface area contributed by atoms with E-state index in [2.05, 4.69) is 34.7 Å². The highest BCUT2D eigenvalue weighted by Gasteiger charge is 2.12. The van der Waals surface area contributed by atoms with E-state index in [1.54, 1.807) is 12.1 Å². The number of aromatic nitrogens is 1. The van der Waals surface area contributed by atoms with Crippen LogP contribution in [0.3, 0.4) is 0 Å². The third kappa shape index (κ3) is 7.11. The summed E-state index contributed by atoms with van der Waals surface area (Å²) in [6.07, 6.45) is 2.08. The second kappa shape index (κ2) is 12.3. The number of hydrogen-bond acceptors (Lipinski definition) is 6. The lowest BCUT2D eigenvalue weighted by Crippen LogP contribution is -2.15. The number of anilines is 2. The predicted octanol–water partition coefficient (Wildman–Crippen LogP) is 7.38. The van der Waals surface area contributed by atoms with Crippen LogP contribution in [0.1, 0.15) is 46.8 Å². The summed E-state index contributed by atoms with van der Waals surface area (Å²) in [5.41, 5.74) is 6.27. The van der Waals surface area contributed by atoms with Crippen LogP contribution in [0.4, 0.5) is 11.4 Å². The van der Waals surface area contributed by atoms with Gasteiger partial charge in [-0.2, -0.15) is 0 Å². The summed E-state index contributed by atoms with van der Waals surface area (Å²) in [6.45, 7) is 8.85. The second-order valence-corrected chi connectivity index (χ2v) is 11.2. The van der Waals surface area contributed by atoms with Crippen LogP contribution in [0.25, 0.3) is 10.2 Å². The van der Waals surface area contributed by atoms with E-state index in [1.165, 1.54) is 28.7 Å². The number of rotatable bonds is 10. The number of hydrogen-bond donors (Lipinski definition) is 2. The van der Waals surface area contributed by atoms with E-state index in [0.29, 0.717) is 17.9 Å². The molecule has 0 aliphatic rings. The largest absolute Gasteiger partial charge is 0.494 e. The van der Waals surface area contributed by atoms with Gasteiger partial charge in [-0.3, -0.25) is 9.59 Å². The number of benzene rings is 3. The smallest absolute Gasteiger partial charge is 0.255 e. The molecule has 1 heterocycles. The standard InChI is InChI=1S/C29H31N3O3S2/c1-5-6-13-35-23-10-7-21(8-11-23)28(34)30-22-9-12-24-25(16-22)37-29(31-24)36-17-26(33)32-27-19(3)14-18(2)15-20(27)4/h7-12,14-16H,5-6,13,17H2,1-4H3,(H,30,34)(H,32,33). The van der Waals surface area contributed by atoms with Crippen LogP contribution in [0.5, 0.6) is 5.75 Å². The van der Waals surface area contributed by atoms with Gasteiger partial charge in [0.05, 0.1) is 22.6 Å². The molecule has 0 saturated heterocycles. The van der Waals surface area contributed by atoms with Crippen molar-refractivity contribution in [2.24, 2.45) is 0 Å². The molecule has 0 unspecified atom stereocenters. The molecule has 0 aliphatic carbocycles. The van der Waals surface area contributed by atoms with E-state index >= 15 is 0 Å². The zero-order chi connectivity index (χ0) is 26.4. The minimum absolute atomic E-state index is 0.0611. The van der Waals surface area contributed by atoms with E-state index in [9.17, 15) is 9.59 Å². The number of carbonyl (C=O) groups is 2. The summed E-state index contributed by atoms with van der Waals surface area (Å²) in [4.78, 5) is 29.9. The summed E-state index contributed by atoms with van der Waals surface area (Å²) in [6, 6.07) is 16.9. The highest BCUT2D eigenvalue weighted by molar-refractivity contribution is 8.01. The van der Waals surface area contributed by atoms with Crippen molar-refractivity contribution >= 4 is 56.5 Å². The van der Waals surface area contributed by atoms with Gasteiger partial charge >= 0.3 is 0 Å². The van der Waals surface area contributed by atoms with Gasteiger partial charge in [-0.25, -0.2) is 4.98 Å². The Hall–Kier alpha value is -3.36. The van der Waals surface area contributed by atoms with Crippen LogP contribution >= 0.6 is 23.1 Å². The number of thiazole rings is 1. The number of aryl methyl sites for hydroxylation is 3. The van der Waals surface area contributed by atoms with Crippen LogP contribution in [0, 0.1) is 20.8 Å². The Labute approximate surface area is 225 Å². The molecule has 8 heteroatoms. The lowest BCUT2D eigenvalue weighted by atomic mass is 10.1. The van der Waals surface area contributed by atoms with Crippen molar-refractivity contribution in [1.82, 2.24) is 4.98 Å². The second-order valence-electron chi connectivity index (χ2n) is 8.95. The van der Waals surface area contributed by atoms with Crippen LogP contribution in [-0.2, 0) is 4.79 Å². The zero-order valence-electron chi connectivity index (χ0n) is 21.5. The molecule has 6 nitrogen and oxygen atoms in total. The molecule has 37 heavy (non-hydrogen) atoms. The molecule has 192 valence electrons. The lowest BCUT2D eigenvalue weighted by molar-refractivity contribution is -0.113. The first kappa shape index (κ1) is 26.7. The highest BCUT2D eigenvalue weighted by Crippen LogP contribution is 2.32. The number of carbonyl (C=O) groups excluding carboxylic acids is 2. The highest BCUT2D eigenvalue weighted by atomic mass is 32.2. The summed E-state index contributed by atoms with van der Waals surface area (Å²) < 4.78 is 7.42. The Morgan fingerprint density at radius 2 is 1.70 bits per heavy atom. The van der Waals surface area contributed by atoms with Gasteiger partial charge in [0.15, 0.2) is 4.34 Å². The maximum absolute atomic E-state index is 12.7. The Morgan fingerprint density at radius 1 is 0.973 bits per heavy atom. The molecule has 0 spiro atoms. The fourth-order valence-corrected chi connectivity index (χ4v) is 5.87. The molecule has 4 aromatic rings. The predicted molar refractivity (Wildman–Crippen MR) is 154 cm³/mol. The van der Waals surface area contributed by atoms with Crippen molar-refractivity contribution in [1.29, 1.82) is 0 Å². The number of thioether (sulfide) groups is 1. The Balaban J connectivity index is 1.34. The molecule has 0 radical (unpaired) electrons. The first-order chi connectivity index (χ1) is 17.8. The van der Waals surface area contributed by atoms with Crippen molar-refractivity contribution in [3.8, 4) is 5.75 Å². The van der Waals surface area contributed by atoms with Gasteiger partial charge < -0.3 is 15.4 Å². The van der Waals surface area contributed by atoms with E-state index in [-0.39, 0.29) is 17.6 Å². The quantitative estimate of drug-likeness (QED) is 0.164. The molecule has 3 aromatic carbocycles. The van der Waals surface area contributed by atoms with Crippen LogP contribution in [-0.4, -0.2) is 29.2 Å². The fourth-order valence-electron chi connectivity index (χ4n) is 3.96. The normalized spacial score (nSPS) is 10.9. The maximum Gasteiger partial charge on any atom is 0.255 e. The number of amides is 2. The van der Waals surface area contributed by atoms with Crippen LogP contribution < -0.4 is 15.4 Å². The van der Waals surface area contributed by atoms with Gasteiger partial charge in [-0.1, -0.05) is 42.8 Å². The van der Waals surface area contributed by atoms with Gasteiger partial charge in [0.25, 0.3) is 5.91 Å². The molecule has 2 amide bonds. The summed E-state index contributed by atoms with van der Waals surface area (Å²) in [5, 5.41) is 5.99. The van der Waals surface area contributed by atoms with Gasteiger partial charge in [0.1, 0.15) is 5.75 Å². The van der Waals surface area contributed by atoms with Crippen molar-refractivity contribution in [3.63, 3.8) is 0 Å². The van der Waals surface area contributed by atoms with E-state index in [1.807, 2.05) is 51.1 Å². The zero-order valence-corrected chi connectivity index (χ0v) is 23.1. The van der Waals surface area contributed by atoms with Crippen molar-refractivity contribution in [2.45, 2.75) is 44.9 Å². The van der Waals surface area contributed by atoms with Gasteiger partial charge in [-0.15, -0.1) is 11.3 Å². The lowest BCUT2D eigenvalue weighted by Gasteiger charge is -2.12. The van der Waals surface area contributed by atoms with Crippen molar-refractivity contribution < 1.29 is 14.3 Å². The van der Waals surface area contributed by atoms with E-state index < -0.39 is 0 Å². The first-order valence-corrected chi connectivity index (χ1v) is 14.1. The average molecular weight is 534 g/mol. The number of nitrogens with zero attached hydrogens (tertiary/aromatic N) is 1. The van der Waals surface area contributed by atoms with Crippen LogP contribution in [0.2, 0.25) is 0 Å². The Bertz CT molecular complexity index is 1390. The van der Waals surface area contributed by atoms with Gasteiger partial charge in [0.2, 0.25) is 5.91 Å². The first-order valence-electron chi connectivity index (χ1n) is 12.3. The Kier molecular flexibility index (Phi) is 8.84.